The molecule has 4 N–H and O–H groups in total. The Labute approximate surface area is 186 Å². The predicted octanol–water partition coefficient (Wildman–Crippen LogP) is 2.05. The van der Waals surface area contributed by atoms with E-state index in [1.807, 2.05) is 0 Å². The van der Waals surface area contributed by atoms with E-state index in [-0.39, 0.29) is 40.6 Å². The van der Waals surface area contributed by atoms with Crippen LogP contribution in [0.1, 0.15) is 23.6 Å². The van der Waals surface area contributed by atoms with Crippen LogP contribution >= 0.6 is 11.6 Å². The first-order chi connectivity index (χ1) is 15.3. The van der Waals surface area contributed by atoms with Gasteiger partial charge >= 0.3 is 5.69 Å². The summed E-state index contributed by atoms with van der Waals surface area (Å²) in [5.41, 5.74) is 2.39. The van der Waals surface area contributed by atoms with Crippen molar-refractivity contribution in [2.24, 2.45) is 5.10 Å². The lowest BCUT2D eigenvalue weighted by Crippen LogP contribution is -2.33. The van der Waals surface area contributed by atoms with Gasteiger partial charge in [0.05, 0.1) is 31.7 Å². The molecule has 3 aromatic rings. The molecule has 0 saturated heterocycles. The average Bonchev–Trinajstić information content (AvgIpc) is 3.23. The molecule has 0 radical (unpaired) electrons. The first-order valence-corrected chi connectivity index (χ1v) is 9.83. The van der Waals surface area contributed by atoms with E-state index in [0.29, 0.717) is 10.6 Å². The maximum atomic E-state index is 12.6. The van der Waals surface area contributed by atoms with Crippen LogP contribution < -0.4 is 26.1 Å². The van der Waals surface area contributed by atoms with E-state index < -0.39 is 23.2 Å². The summed E-state index contributed by atoms with van der Waals surface area (Å²) in [6, 6.07) is 9.12. The number of nitrogens with zero attached hydrogens (tertiary/aromatic N) is 2. The largest absolute Gasteiger partial charge is 0.502 e. The Morgan fingerprint density at radius 2 is 1.81 bits per heavy atom. The van der Waals surface area contributed by atoms with Crippen molar-refractivity contribution in [3.8, 4) is 28.8 Å². The molecule has 1 unspecified atom stereocenters. The van der Waals surface area contributed by atoms with Crippen molar-refractivity contribution in [3.05, 3.63) is 73.4 Å². The van der Waals surface area contributed by atoms with E-state index in [1.54, 1.807) is 30.3 Å². The van der Waals surface area contributed by atoms with Crippen LogP contribution in [0.3, 0.4) is 0 Å². The zero-order chi connectivity index (χ0) is 23.0. The molecule has 0 amide bonds. The fourth-order valence-electron chi connectivity index (χ4n) is 3.55. The first-order valence-electron chi connectivity index (χ1n) is 9.45. The number of rotatable bonds is 5. The van der Waals surface area contributed by atoms with Gasteiger partial charge in [0.15, 0.2) is 11.5 Å². The van der Waals surface area contributed by atoms with E-state index in [2.05, 4.69) is 15.5 Å². The number of nitrogens with one attached hydrogen (secondary N) is 2. The van der Waals surface area contributed by atoms with Crippen molar-refractivity contribution in [3.63, 3.8) is 0 Å². The number of hydrazone groups is 1. The van der Waals surface area contributed by atoms with Gasteiger partial charge in [-0.15, -0.1) is 0 Å². The third-order valence-corrected chi connectivity index (χ3v) is 5.33. The van der Waals surface area contributed by atoms with Gasteiger partial charge in [-0.05, 0) is 35.9 Å². The number of aromatic amines is 1. The SMILES string of the molecule is COc1cc(C2CC(c3c(O)n(-c4cccc(Cl)c4)c(=O)[nH]c3=O)=NN2)cc(OC)c1O. The van der Waals surface area contributed by atoms with Crippen LogP contribution in [0.15, 0.2) is 51.1 Å². The number of methoxy groups -OCH3 is 2. The van der Waals surface area contributed by atoms with Crippen LogP contribution in [0.4, 0.5) is 0 Å². The lowest BCUT2D eigenvalue weighted by atomic mass is 9.99. The molecule has 2 heterocycles. The zero-order valence-electron chi connectivity index (χ0n) is 17.0. The number of halogens is 1. The van der Waals surface area contributed by atoms with Gasteiger partial charge in [0.1, 0.15) is 5.56 Å². The van der Waals surface area contributed by atoms with Crippen molar-refractivity contribution in [1.82, 2.24) is 15.0 Å². The first kappa shape index (κ1) is 21.3. The van der Waals surface area contributed by atoms with Crippen molar-refractivity contribution in [2.75, 3.05) is 14.2 Å². The number of H-pyrrole nitrogens is 1. The number of aromatic hydroxyl groups is 2. The van der Waals surface area contributed by atoms with Crippen molar-refractivity contribution in [1.29, 1.82) is 0 Å². The van der Waals surface area contributed by atoms with Crippen LogP contribution in [0.5, 0.6) is 23.1 Å². The van der Waals surface area contributed by atoms with Crippen molar-refractivity contribution in [2.45, 2.75) is 12.5 Å². The van der Waals surface area contributed by atoms with Gasteiger partial charge in [-0.1, -0.05) is 17.7 Å². The van der Waals surface area contributed by atoms with Crippen molar-refractivity contribution < 1.29 is 19.7 Å². The maximum absolute atomic E-state index is 12.6. The number of phenolic OH excluding ortho intramolecular Hbond substituents is 1. The number of ether oxygens (including phenoxy) is 2. The van der Waals surface area contributed by atoms with Crippen LogP contribution in [0.2, 0.25) is 5.02 Å². The second-order valence-corrected chi connectivity index (χ2v) is 7.43. The van der Waals surface area contributed by atoms with Gasteiger partial charge in [0.2, 0.25) is 11.6 Å². The molecule has 0 aliphatic carbocycles. The molecule has 0 spiro atoms. The summed E-state index contributed by atoms with van der Waals surface area (Å²) in [4.78, 5) is 27.2. The third kappa shape index (κ3) is 3.65. The minimum absolute atomic E-state index is 0.138. The van der Waals surface area contributed by atoms with Crippen LogP contribution in [0.25, 0.3) is 5.69 Å². The molecule has 0 saturated carbocycles. The second kappa shape index (κ2) is 8.31. The summed E-state index contributed by atoms with van der Waals surface area (Å²) in [5.74, 6) is -0.265. The number of benzene rings is 2. The number of hydrogen-bond donors (Lipinski definition) is 4. The molecule has 10 nitrogen and oxygen atoms in total. The van der Waals surface area contributed by atoms with Gasteiger partial charge < -0.3 is 25.1 Å². The molecule has 1 aromatic heterocycles. The highest BCUT2D eigenvalue weighted by Crippen LogP contribution is 2.40. The summed E-state index contributed by atoms with van der Waals surface area (Å²) in [6.07, 6.45) is 0.210. The molecule has 32 heavy (non-hydrogen) atoms. The molecular formula is C21H19ClN4O6. The minimum Gasteiger partial charge on any atom is -0.502 e. The zero-order valence-corrected chi connectivity index (χ0v) is 17.8. The summed E-state index contributed by atoms with van der Waals surface area (Å²) < 4.78 is 11.3. The predicted molar refractivity (Wildman–Crippen MR) is 118 cm³/mol. The monoisotopic (exact) mass is 458 g/mol. The highest BCUT2D eigenvalue weighted by atomic mass is 35.5. The van der Waals surface area contributed by atoms with E-state index >= 15 is 0 Å². The topological polar surface area (TPSA) is 138 Å². The number of hydrogen-bond acceptors (Lipinski definition) is 8. The summed E-state index contributed by atoms with van der Waals surface area (Å²) in [7, 11) is 2.83. The van der Waals surface area contributed by atoms with Gasteiger partial charge in [-0.2, -0.15) is 5.10 Å². The highest BCUT2D eigenvalue weighted by molar-refractivity contribution is 6.30. The Balaban J connectivity index is 1.73. The van der Waals surface area contributed by atoms with E-state index in [0.717, 1.165) is 4.57 Å². The molecule has 1 aliphatic rings. The van der Waals surface area contributed by atoms with Gasteiger partial charge in [0, 0.05) is 11.4 Å². The quantitative estimate of drug-likeness (QED) is 0.459. The van der Waals surface area contributed by atoms with E-state index in [4.69, 9.17) is 21.1 Å². The number of aromatic nitrogens is 2. The fourth-order valence-corrected chi connectivity index (χ4v) is 3.73. The molecule has 0 fully saturated rings. The van der Waals surface area contributed by atoms with Gasteiger partial charge in [0.25, 0.3) is 5.56 Å². The fraction of sp³-hybridized carbons (Fsp3) is 0.190. The second-order valence-electron chi connectivity index (χ2n) is 6.99. The van der Waals surface area contributed by atoms with Crippen LogP contribution in [-0.2, 0) is 0 Å². The Bertz CT molecular complexity index is 1320. The lowest BCUT2D eigenvalue weighted by molar-refractivity contribution is 0.338. The molecule has 2 aromatic carbocycles. The van der Waals surface area contributed by atoms with Crippen molar-refractivity contribution >= 4 is 17.3 Å². The smallest absolute Gasteiger partial charge is 0.335 e. The molecule has 166 valence electrons. The summed E-state index contributed by atoms with van der Waals surface area (Å²) in [6.45, 7) is 0. The van der Waals surface area contributed by atoms with E-state index in [9.17, 15) is 19.8 Å². The van der Waals surface area contributed by atoms with E-state index in [1.165, 1.54) is 20.3 Å². The normalized spacial score (nSPS) is 15.2. The summed E-state index contributed by atoms with van der Waals surface area (Å²) >= 11 is 6.00. The van der Waals surface area contributed by atoms with Crippen LogP contribution in [-0.4, -0.2) is 39.7 Å². The molecule has 4 rings (SSSR count). The van der Waals surface area contributed by atoms with Gasteiger partial charge in [-0.25, -0.2) is 9.36 Å². The number of phenols is 1. The molecule has 0 bridgehead atoms. The highest BCUT2D eigenvalue weighted by Gasteiger charge is 2.29. The molecule has 11 heteroatoms. The Kier molecular flexibility index (Phi) is 5.54. The maximum Gasteiger partial charge on any atom is 0.335 e. The van der Waals surface area contributed by atoms with Crippen LogP contribution in [0, 0.1) is 0 Å². The minimum atomic E-state index is -0.811. The Hall–Kier alpha value is -3.92. The summed E-state index contributed by atoms with van der Waals surface area (Å²) in [5, 5.41) is 25.5. The van der Waals surface area contributed by atoms with Gasteiger partial charge in [-0.3, -0.25) is 9.78 Å². The molecule has 1 atom stereocenters. The third-order valence-electron chi connectivity index (χ3n) is 5.10. The Morgan fingerprint density at radius 3 is 2.44 bits per heavy atom. The molecular weight excluding hydrogens is 440 g/mol. The average molecular weight is 459 g/mol. The Morgan fingerprint density at radius 1 is 1.12 bits per heavy atom. The molecule has 1 aliphatic heterocycles. The standard InChI is InChI=1S/C21H19ClN4O6/c1-31-15-6-10(7-16(32-2)18(15)27)13-9-14(25-24-13)17-19(28)23-21(30)26(20(17)29)12-5-3-4-11(22)8-12/h3-8,13,24,27,29H,9H2,1-2H3,(H,23,28,30). The lowest BCUT2D eigenvalue weighted by Gasteiger charge is -2.15.